The van der Waals surface area contributed by atoms with E-state index in [2.05, 4.69) is 9.55 Å². The van der Waals surface area contributed by atoms with Crippen LogP contribution in [0, 0.1) is 0 Å². The number of hydrogen-bond acceptors (Lipinski definition) is 1. The van der Waals surface area contributed by atoms with Gasteiger partial charge in [-0.3, -0.25) is 0 Å². The van der Waals surface area contributed by atoms with Crippen LogP contribution in [-0.4, -0.2) is 19.8 Å². The minimum Gasteiger partial charge on any atom is -0.337 e. The fourth-order valence-corrected chi connectivity index (χ4v) is 1.46. The fourth-order valence-electron chi connectivity index (χ4n) is 0.963. The molecule has 10 heavy (non-hydrogen) atoms. The standard InChI is InChI=1S/C7H14N2Si/c10-6-2-1-4-9-5-3-8-7-9/h3,5,7H,1-2,4,6H2,10H3. The predicted octanol–water partition coefficient (Wildman–Crippen LogP) is 0.447. The third-order valence-electron chi connectivity index (χ3n) is 1.58. The van der Waals surface area contributed by atoms with Crippen LogP contribution in [0.15, 0.2) is 18.7 Å². The maximum absolute atomic E-state index is 3.97. The van der Waals surface area contributed by atoms with Crippen LogP contribution in [0.4, 0.5) is 0 Å². The van der Waals surface area contributed by atoms with Crippen LogP contribution in [0.25, 0.3) is 0 Å². The molecule has 2 nitrogen and oxygen atoms in total. The van der Waals surface area contributed by atoms with Crippen LogP contribution >= 0.6 is 0 Å². The monoisotopic (exact) mass is 154 g/mol. The lowest BCUT2D eigenvalue weighted by molar-refractivity contribution is 0.631. The molecule has 0 aromatic carbocycles. The number of nitrogens with zero attached hydrogens (tertiary/aromatic N) is 2. The van der Waals surface area contributed by atoms with Gasteiger partial charge in [0.05, 0.1) is 6.33 Å². The van der Waals surface area contributed by atoms with Gasteiger partial charge < -0.3 is 4.57 Å². The Morgan fingerprint density at radius 2 is 2.30 bits per heavy atom. The molecule has 1 aromatic rings. The highest BCUT2D eigenvalue weighted by Gasteiger charge is 1.87. The average molecular weight is 154 g/mol. The van der Waals surface area contributed by atoms with Crippen molar-refractivity contribution in [3.05, 3.63) is 18.7 Å². The summed E-state index contributed by atoms with van der Waals surface area (Å²) in [5, 5.41) is 0. The van der Waals surface area contributed by atoms with Gasteiger partial charge in [0.2, 0.25) is 0 Å². The van der Waals surface area contributed by atoms with E-state index in [1.165, 1.54) is 29.1 Å². The first-order chi connectivity index (χ1) is 4.93. The Bertz CT molecular complexity index is 160. The van der Waals surface area contributed by atoms with Gasteiger partial charge in [0.25, 0.3) is 0 Å². The number of rotatable bonds is 4. The van der Waals surface area contributed by atoms with E-state index in [1.54, 1.807) is 0 Å². The summed E-state index contributed by atoms with van der Waals surface area (Å²) in [6.07, 6.45) is 8.42. The number of unbranched alkanes of at least 4 members (excludes halogenated alkanes) is 1. The van der Waals surface area contributed by atoms with Crippen LogP contribution in [0.3, 0.4) is 0 Å². The van der Waals surface area contributed by atoms with Crippen LogP contribution in [0.5, 0.6) is 0 Å². The van der Waals surface area contributed by atoms with Crippen molar-refractivity contribution < 1.29 is 0 Å². The second-order valence-electron chi connectivity index (χ2n) is 2.51. The third-order valence-corrected chi connectivity index (χ3v) is 2.29. The van der Waals surface area contributed by atoms with Crippen molar-refractivity contribution >= 4 is 10.2 Å². The molecule has 56 valence electrons. The van der Waals surface area contributed by atoms with E-state index >= 15 is 0 Å². The maximum Gasteiger partial charge on any atom is 0.0945 e. The first-order valence-corrected chi connectivity index (χ1v) is 5.30. The molecule has 3 heteroatoms. The first kappa shape index (κ1) is 7.53. The zero-order valence-electron chi connectivity index (χ0n) is 6.45. The molecule has 0 aliphatic carbocycles. The summed E-state index contributed by atoms with van der Waals surface area (Å²) in [4.78, 5) is 3.97. The molecular weight excluding hydrogens is 140 g/mol. The Morgan fingerprint density at radius 3 is 2.90 bits per heavy atom. The summed E-state index contributed by atoms with van der Waals surface area (Å²) in [5.41, 5.74) is 0. The van der Waals surface area contributed by atoms with Gasteiger partial charge in [-0.25, -0.2) is 4.98 Å². The molecule has 0 unspecified atom stereocenters. The average Bonchev–Trinajstić information content (AvgIpc) is 2.41. The van der Waals surface area contributed by atoms with E-state index < -0.39 is 0 Å². The first-order valence-electron chi connectivity index (χ1n) is 3.89. The van der Waals surface area contributed by atoms with E-state index in [1.807, 2.05) is 18.7 Å². The lowest BCUT2D eigenvalue weighted by Gasteiger charge is -1.98. The SMILES string of the molecule is [SiH3]CCCCn1ccnc1. The summed E-state index contributed by atoms with van der Waals surface area (Å²) >= 11 is 0. The van der Waals surface area contributed by atoms with Gasteiger partial charge >= 0.3 is 0 Å². The topological polar surface area (TPSA) is 17.8 Å². The molecule has 0 saturated heterocycles. The summed E-state index contributed by atoms with van der Waals surface area (Å²) in [6.45, 7) is 1.14. The Hall–Kier alpha value is -0.573. The molecule has 0 spiro atoms. The van der Waals surface area contributed by atoms with E-state index in [-0.39, 0.29) is 0 Å². The molecule has 0 saturated carbocycles. The second-order valence-corrected chi connectivity index (χ2v) is 3.51. The van der Waals surface area contributed by atoms with Gasteiger partial charge in [0.15, 0.2) is 0 Å². The van der Waals surface area contributed by atoms with Crippen molar-refractivity contribution in [2.45, 2.75) is 25.4 Å². The second kappa shape index (κ2) is 4.28. The third kappa shape index (κ3) is 2.35. The van der Waals surface area contributed by atoms with Gasteiger partial charge in [-0.15, -0.1) is 0 Å². The number of aromatic nitrogens is 2. The number of aryl methyl sites for hydroxylation is 1. The highest BCUT2D eigenvalue weighted by atomic mass is 28.1. The van der Waals surface area contributed by atoms with E-state index in [0.717, 1.165) is 6.54 Å². The number of imidazole rings is 1. The predicted molar refractivity (Wildman–Crippen MR) is 46.2 cm³/mol. The highest BCUT2D eigenvalue weighted by Crippen LogP contribution is 1.96. The van der Waals surface area contributed by atoms with Crippen LogP contribution < -0.4 is 0 Å². The lowest BCUT2D eigenvalue weighted by Crippen LogP contribution is -1.93. The van der Waals surface area contributed by atoms with Crippen molar-refractivity contribution in [3.63, 3.8) is 0 Å². The molecule has 0 bridgehead atoms. The molecule has 1 aromatic heterocycles. The minimum absolute atomic E-state index is 1.14. The van der Waals surface area contributed by atoms with Crippen LogP contribution in [0.1, 0.15) is 12.8 Å². The quantitative estimate of drug-likeness (QED) is 0.455. The van der Waals surface area contributed by atoms with Crippen LogP contribution in [0.2, 0.25) is 6.04 Å². The molecule has 0 amide bonds. The van der Waals surface area contributed by atoms with Crippen molar-refractivity contribution in [2.75, 3.05) is 0 Å². The zero-order valence-corrected chi connectivity index (χ0v) is 8.45. The van der Waals surface area contributed by atoms with Gasteiger partial charge in [0.1, 0.15) is 0 Å². The van der Waals surface area contributed by atoms with Gasteiger partial charge in [-0.05, 0) is 6.42 Å². The van der Waals surface area contributed by atoms with Gasteiger partial charge in [-0.1, -0.05) is 12.5 Å². The van der Waals surface area contributed by atoms with Crippen LogP contribution in [-0.2, 0) is 6.54 Å². The van der Waals surface area contributed by atoms with Gasteiger partial charge in [-0.2, -0.15) is 0 Å². The Kier molecular flexibility index (Phi) is 3.22. The molecule has 0 atom stereocenters. The molecule has 1 heterocycles. The summed E-state index contributed by atoms with van der Waals surface area (Å²) in [6, 6.07) is 1.43. The minimum atomic E-state index is 1.14. The normalized spacial score (nSPS) is 10.4. The Labute approximate surface area is 64.7 Å². The van der Waals surface area contributed by atoms with Crippen molar-refractivity contribution in [1.29, 1.82) is 0 Å². The molecular formula is C7H14N2Si. The Morgan fingerprint density at radius 1 is 1.40 bits per heavy atom. The lowest BCUT2D eigenvalue weighted by atomic mass is 10.3. The molecule has 0 aliphatic rings. The Balaban J connectivity index is 2.15. The molecule has 0 aliphatic heterocycles. The molecule has 0 radical (unpaired) electrons. The van der Waals surface area contributed by atoms with E-state index in [9.17, 15) is 0 Å². The molecule has 0 fully saturated rings. The summed E-state index contributed by atoms with van der Waals surface area (Å²) in [7, 11) is 1.35. The van der Waals surface area contributed by atoms with E-state index in [0.29, 0.717) is 0 Å². The van der Waals surface area contributed by atoms with Crippen molar-refractivity contribution in [3.8, 4) is 0 Å². The van der Waals surface area contributed by atoms with Crippen molar-refractivity contribution in [2.24, 2.45) is 0 Å². The number of hydrogen-bond donors (Lipinski definition) is 0. The summed E-state index contributed by atoms with van der Waals surface area (Å²) < 4.78 is 2.14. The maximum atomic E-state index is 3.97. The molecule has 1 rings (SSSR count). The largest absolute Gasteiger partial charge is 0.337 e. The summed E-state index contributed by atoms with van der Waals surface area (Å²) in [5.74, 6) is 0. The van der Waals surface area contributed by atoms with E-state index in [4.69, 9.17) is 0 Å². The molecule has 0 N–H and O–H groups in total. The highest BCUT2D eigenvalue weighted by molar-refractivity contribution is 6.08. The van der Waals surface area contributed by atoms with Crippen molar-refractivity contribution in [1.82, 2.24) is 9.55 Å². The zero-order chi connectivity index (χ0) is 7.23. The smallest absolute Gasteiger partial charge is 0.0945 e. The van der Waals surface area contributed by atoms with Gasteiger partial charge in [0, 0.05) is 29.2 Å². The fraction of sp³-hybridized carbons (Fsp3) is 0.571.